The molecule has 0 aromatic heterocycles. The summed E-state index contributed by atoms with van der Waals surface area (Å²) in [6.45, 7) is 3.29. The first-order valence-electron chi connectivity index (χ1n) is 4.59. The van der Waals surface area contributed by atoms with Crippen LogP contribution in [0.4, 0.5) is 10.1 Å². The third-order valence-electron chi connectivity index (χ3n) is 1.59. The molecule has 0 amide bonds. The van der Waals surface area contributed by atoms with E-state index in [1.54, 1.807) is 13.8 Å². The molecule has 1 aromatic rings. The van der Waals surface area contributed by atoms with E-state index in [1.807, 2.05) is 4.72 Å². The Morgan fingerprint density at radius 3 is 2.56 bits per heavy atom. The van der Waals surface area contributed by atoms with Crippen LogP contribution >= 0.6 is 0 Å². The minimum absolute atomic E-state index is 0.201. The van der Waals surface area contributed by atoms with Gasteiger partial charge in [-0.15, -0.1) is 0 Å². The minimum Gasteiger partial charge on any atom is -0.506 e. The number of phenolic OH excluding ortho intramolecular Hbond substituents is 1. The van der Waals surface area contributed by atoms with Gasteiger partial charge in [0, 0.05) is 12.1 Å². The zero-order valence-electron chi connectivity index (χ0n) is 8.86. The van der Waals surface area contributed by atoms with E-state index in [2.05, 4.69) is 4.72 Å². The van der Waals surface area contributed by atoms with Crippen molar-refractivity contribution in [3.05, 3.63) is 24.0 Å². The second kappa shape index (κ2) is 4.67. The van der Waals surface area contributed by atoms with Gasteiger partial charge in [0.2, 0.25) is 0 Å². The molecule has 0 heterocycles. The van der Waals surface area contributed by atoms with Crippen LogP contribution in [0.1, 0.15) is 13.8 Å². The lowest BCUT2D eigenvalue weighted by molar-refractivity contribution is 0.475. The molecule has 0 fully saturated rings. The number of phenols is 1. The molecule has 0 aliphatic heterocycles. The zero-order chi connectivity index (χ0) is 12.3. The molecule has 0 radical (unpaired) electrons. The van der Waals surface area contributed by atoms with Gasteiger partial charge in [-0.3, -0.25) is 4.72 Å². The molecule has 0 aliphatic carbocycles. The van der Waals surface area contributed by atoms with Gasteiger partial charge in [-0.05, 0) is 26.0 Å². The lowest BCUT2D eigenvalue weighted by Gasteiger charge is -2.12. The summed E-state index contributed by atoms with van der Waals surface area (Å²) in [5.41, 5.74) is -0.201. The highest BCUT2D eigenvalue weighted by Crippen LogP contribution is 2.24. The van der Waals surface area contributed by atoms with Crippen LogP contribution < -0.4 is 9.44 Å². The molecule has 0 unspecified atom stereocenters. The Kier molecular flexibility index (Phi) is 3.71. The van der Waals surface area contributed by atoms with Crippen molar-refractivity contribution in [2.75, 3.05) is 4.72 Å². The van der Waals surface area contributed by atoms with Crippen molar-refractivity contribution < 1.29 is 17.9 Å². The van der Waals surface area contributed by atoms with Crippen molar-refractivity contribution in [3.8, 4) is 5.75 Å². The number of hydrogen-bond acceptors (Lipinski definition) is 3. The second-order valence-corrected chi connectivity index (χ2v) is 4.99. The molecule has 3 N–H and O–H groups in total. The van der Waals surface area contributed by atoms with Crippen LogP contribution in [0.5, 0.6) is 5.75 Å². The topological polar surface area (TPSA) is 78.4 Å². The number of anilines is 1. The Labute approximate surface area is 93.5 Å². The van der Waals surface area contributed by atoms with Crippen molar-refractivity contribution in [3.63, 3.8) is 0 Å². The predicted octanol–water partition coefficient (Wildman–Crippen LogP) is 1.19. The highest BCUT2D eigenvalue weighted by atomic mass is 32.2. The molecule has 0 saturated carbocycles. The van der Waals surface area contributed by atoms with Crippen molar-refractivity contribution in [1.29, 1.82) is 0 Å². The van der Waals surface area contributed by atoms with Crippen molar-refractivity contribution in [2.45, 2.75) is 19.9 Å². The molecule has 1 aromatic carbocycles. The number of nitrogens with one attached hydrogen (secondary N) is 2. The summed E-state index contributed by atoms with van der Waals surface area (Å²) in [4.78, 5) is 0. The fraction of sp³-hybridized carbons (Fsp3) is 0.333. The molecule has 0 saturated heterocycles. The maximum atomic E-state index is 12.8. The molecular formula is C9H13FN2O3S. The molecule has 0 atom stereocenters. The molecule has 0 aliphatic rings. The second-order valence-electron chi connectivity index (χ2n) is 3.54. The van der Waals surface area contributed by atoms with E-state index in [9.17, 15) is 17.9 Å². The monoisotopic (exact) mass is 248 g/mol. The van der Waals surface area contributed by atoms with Gasteiger partial charge in [0.05, 0.1) is 5.69 Å². The van der Waals surface area contributed by atoms with E-state index >= 15 is 0 Å². The minimum atomic E-state index is -3.80. The summed E-state index contributed by atoms with van der Waals surface area (Å²) >= 11 is 0. The maximum absolute atomic E-state index is 12.8. The van der Waals surface area contributed by atoms with E-state index < -0.39 is 16.0 Å². The molecule has 90 valence electrons. The van der Waals surface area contributed by atoms with Crippen LogP contribution in [-0.2, 0) is 10.2 Å². The third-order valence-corrected chi connectivity index (χ3v) is 2.86. The first-order valence-corrected chi connectivity index (χ1v) is 6.07. The molecule has 5 nitrogen and oxygen atoms in total. The summed E-state index contributed by atoms with van der Waals surface area (Å²) < 4.78 is 39.9. The van der Waals surface area contributed by atoms with Gasteiger partial charge >= 0.3 is 0 Å². The van der Waals surface area contributed by atoms with E-state index in [-0.39, 0.29) is 17.5 Å². The molecule has 1 rings (SSSR count). The van der Waals surface area contributed by atoms with Crippen molar-refractivity contribution in [2.24, 2.45) is 0 Å². The number of aromatic hydroxyl groups is 1. The standard InChI is InChI=1S/C9H13FN2O3S/c1-6(2)11-16(14,15)12-8-5-7(10)3-4-9(8)13/h3-6,11-13H,1-2H3. The number of rotatable bonds is 4. The number of halogens is 1. The lowest BCUT2D eigenvalue weighted by atomic mass is 10.3. The molecule has 16 heavy (non-hydrogen) atoms. The van der Waals surface area contributed by atoms with Gasteiger partial charge < -0.3 is 5.11 Å². The number of hydrogen-bond donors (Lipinski definition) is 3. The van der Waals surface area contributed by atoms with Crippen molar-refractivity contribution in [1.82, 2.24) is 4.72 Å². The fourth-order valence-electron chi connectivity index (χ4n) is 1.07. The molecule has 7 heteroatoms. The fourth-order valence-corrected chi connectivity index (χ4v) is 2.21. The largest absolute Gasteiger partial charge is 0.506 e. The lowest BCUT2D eigenvalue weighted by Crippen LogP contribution is -2.35. The van der Waals surface area contributed by atoms with Gasteiger partial charge in [0.15, 0.2) is 0 Å². The van der Waals surface area contributed by atoms with Crippen LogP contribution in [-0.4, -0.2) is 19.6 Å². The van der Waals surface area contributed by atoms with Gasteiger partial charge in [-0.2, -0.15) is 13.1 Å². The van der Waals surface area contributed by atoms with Gasteiger partial charge in [-0.1, -0.05) is 0 Å². The van der Waals surface area contributed by atoms with Crippen LogP contribution in [0.3, 0.4) is 0 Å². The van der Waals surface area contributed by atoms with Gasteiger partial charge in [0.1, 0.15) is 11.6 Å². The van der Waals surface area contributed by atoms with E-state index in [0.717, 1.165) is 18.2 Å². The van der Waals surface area contributed by atoms with Crippen LogP contribution in [0.15, 0.2) is 18.2 Å². The average Bonchev–Trinajstić information content (AvgIpc) is 2.08. The normalized spacial score (nSPS) is 11.8. The summed E-state index contributed by atoms with van der Waals surface area (Å²) in [6.07, 6.45) is 0. The van der Waals surface area contributed by atoms with E-state index in [4.69, 9.17) is 0 Å². The smallest absolute Gasteiger partial charge is 0.299 e. The first kappa shape index (κ1) is 12.7. The predicted molar refractivity (Wildman–Crippen MR) is 58.9 cm³/mol. The Balaban J connectivity index is 2.92. The van der Waals surface area contributed by atoms with Crippen LogP contribution in [0.2, 0.25) is 0 Å². The Morgan fingerprint density at radius 2 is 2.00 bits per heavy atom. The van der Waals surface area contributed by atoms with Crippen LogP contribution in [0, 0.1) is 5.82 Å². The first-order chi connectivity index (χ1) is 7.30. The summed E-state index contributed by atoms with van der Waals surface area (Å²) in [7, 11) is -3.80. The van der Waals surface area contributed by atoms with Crippen LogP contribution in [0.25, 0.3) is 0 Å². The Hall–Kier alpha value is -1.34. The van der Waals surface area contributed by atoms with Gasteiger partial charge in [-0.25, -0.2) is 4.39 Å². The maximum Gasteiger partial charge on any atom is 0.299 e. The SMILES string of the molecule is CC(C)NS(=O)(=O)Nc1cc(F)ccc1O. The van der Waals surface area contributed by atoms with E-state index in [0.29, 0.717) is 0 Å². The average molecular weight is 248 g/mol. The molecule has 0 bridgehead atoms. The van der Waals surface area contributed by atoms with Crippen molar-refractivity contribution >= 4 is 15.9 Å². The zero-order valence-corrected chi connectivity index (χ0v) is 9.68. The quantitative estimate of drug-likeness (QED) is 0.700. The Bertz CT molecular complexity index is 474. The Morgan fingerprint density at radius 1 is 1.38 bits per heavy atom. The highest BCUT2D eigenvalue weighted by Gasteiger charge is 2.14. The summed E-state index contributed by atoms with van der Waals surface area (Å²) in [6, 6.07) is 2.70. The highest BCUT2D eigenvalue weighted by molar-refractivity contribution is 7.90. The number of benzene rings is 1. The van der Waals surface area contributed by atoms with Gasteiger partial charge in [0.25, 0.3) is 10.2 Å². The third kappa shape index (κ3) is 3.67. The molecule has 0 spiro atoms. The molecular weight excluding hydrogens is 235 g/mol. The van der Waals surface area contributed by atoms with E-state index in [1.165, 1.54) is 0 Å². The summed E-state index contributed by atoms with van der Waals surface area (Å²) in [5.74, 6) is -0.976. The summed E-state index contributed by atoms with van der Waals surface area (Å²) in [5, 5.41) is 9.31.